The van der Waals surface area contributed by atoms with E-state index >= 15 is 0 Å². The quantitative estimate of drug-likeness (QED) is 0.795. The summed E-state index contributed by atoms with van der Waals surface area (Å²) in [5, 5.41) is 8.88. The molecule has 0 aliphatic carbocycles. The molecule has 1 aromatic rings. The molecule has 1 saturated heterocycles. The lowest BCUT2D eigenvalue weighted by molar-refractivity contribution is -0.118. The van der Waals surface area contributed by atoms with Crippen LogP contribution in [0.15, 0.2) is 18.2 Å². The number of amides is 2. The van der Waals surface area contributed by atoms with Gasteiger partial charge in [-0.3, -0.25) is 9.59 Å². The molecule has 1 heterocycles. The second kappa shape index (κ2) is 8.22. The van der Waals surface area contributed by atoms with Gasteiger partial charge in [-0.1, -0.05) is 18.0 Å². The van der Waals surface area contributed by atoms with Gasteiger partial charge in [-0.25, -0.2) is 0 Å². The summed E-state index contributed by atoms with van der Waals surface area (Å²) in [5.74, 6) is -0.350. The highest BCUT2D eigenvalue weighted by atomic mass is 35.5. The zero-order valence-corrected chi connectivity index (χ0v) is 13.3. The third-order valence-electron chi connectivity index (χ3n) is 3.33. The molecule has 1 aliphatic rings. The average Bonchev–Trinajstić information content (AvgIpc) is 2.49. The van der Waals surface area contributed by atoms with Crippen LogP contribution in [0.5, 0.6) is 0 Å². The van der Waals surface area contributed by atoms with Crippen LogP contribution in [0.4, 0.5) is 5.69 Å². The van der Waals surface area contributed by atoms with E-state index < -0.39 is 0 Å². The molecule has 5 nitrogen and oxygen atoms in total. The van der Waals surface area contributed by atoms with Gasteiger partial charge in [0.05, 0.1) is 16.6 Å². The van der Waals surface area contributed by atoms with Crippen molar-refractivity contribution in [2.45, 2.75) is 25.3 Å². The van der Waals surface area contributed by atoms with Crippen LogP contribution in [0.3, 0.4) is 0 Å². The summed E-state index contributed by atoms with van der Waals surface area (Å²) in [5.41, 5.74) is 0.925. The lowest BCUT2D eigenvalue weighted by atomic mass is 10.0. The molecule has 21 heavy (non-hydrogen) atoms. The van der Waals surface area contributed by atoms with Crippen LogP contribution in [0, 0.1) is 0 Å². The first-order valence-corrected chi connectivity index (χ1v) is 7.05. The SMILES string of the molecule is CNC(=O)c1cc(NC(=O)[C@H]2CCCCN2)ccc1Cl.Cl. The Kier molecular flexibility index (Phi) is 6.95. The largest absolute Gasteiger partial charge is 0.355 e. The molecule has 116 valence electrons. The van der Waals surface area contributed by atoms with Crippen molar-refractivity contribution < 1.29 is 9.59 Å². The third-order valence-corrected chi connectivity index (χ3v) is 3.66. The molecule has 1 aromatic carbocycles. The molecule has 2 rings (SSSR count). The van der Waals surface area contributed by atoms with Gasteiger partial charge in [0, 0.05) is 12.7 Å². The Morgan fingerprint density at radius 2 is 2.10 bits per heavy atom. The van der Waals surface area contributed by atoms with Gasteiger partial charge in [-0.05, 0) is 37.6 Å². The van der Waals surface area contributed by atoms with Crippen LogP contribution < -0.4 is 16.0 Å². The van der Waals surface area contributed by atoms with Crippen molar-refractivity contribution >= 4 is 41.5 Å². The molecule has 0 aromatic heterocycles. The highest BCUT2D eigenvalue weighted by Crippen LogP contribution is 2.21. The topological polar surface area (TPSA) is 70.2 Å². The predicted molar refractivity (Wildman–Crippen MR) is 86.4 cm³/mol. The maximum Gasteiger partial charge on any atom is 0.252 e. The van der Waals surface area contributed by atoms with Gasteiger partial charge >= 0.3 is 0 Å². The monoisotopic (exact) mass is 331 g/mol. The molecule has 1 fully saturated rings. The Labute approximate surface area is 135 Å². The summed E-state index contributed by atoms with van der Waals surface area (Å²) in [6.45, 7) is 0.863. The van der Waals surface area contributed by atoms with Crippen LogP contribution in [0.2, 0.25) is 5.02 Å². The summed E-state index contributed by atoms with van der Waals surface area (Å²) in [4.78, 5) is 23.7. The molecular formula is C14H19Cl2N3O2. The zero-order chi connectivity index (χ0) is 14.5. The molecule has 0 radical (unpaired) electrons. The van der Waals surface area contributed by atoms with E-state index in [-0.39, 0.29) is 30.3 Å². The smallest absolute Gasteiger partial charge is 0.252 e. The van der Waals surface area contributed by atoms with Crippen molar-refractivity contribution in [3.63, 3.8) is 0 Å². The number of nitrogens with one attached hydrogen (secondary N) is 3. The minimum absolute atomic E-state index is 0. The molecule has 0 bridgehead atoms. The second-order valence-corrected chi connectivity index (χ2v) is 5.17. The van der Waals surface area contributed by atoms with Gasteiger partial charge in [0.2, 0.25) is 5.91 Å². The predicted octanol–water partition coefficient (Wildman–Crippen LogP) is 2.20. The first kappa shape index (κ1) is 17.8. The number of carbonyl (C=O) groups excluding carboxylic acids is 2. The van der Waals surface area contributed by atoms with Crippen molar-refractivity contribution in [2.75, 3.05) is 18.9 Å². The number of halogens is 2. The maximum absolute atomic E-state index is 12.1. The number of benzene rings is 1. The van der Waals surface area contributed by atoms with Gasteiger partial charge in [-0.15, -0.1) is 12.4 Å². The average molecular weight is 332 g/mol. The highest BCUT2D eigenvalue weighted by Gasteiger charge is 2.20. The van der Waals surface area contributed by atoms with Crippen molar-refractivity contribution in [3.8, 4) is 0 Å². The Morgan fingerprint density at radius 3 is 2.71 bits per heavy atom. The molecule has 0 unspecified atom stereocenters. The normalized spacial score (nSPS) is 17.5. The van der Waals surface area contributed by atoms with Gasteiger partial charge in [0.25, 0.3) is 5.91 Å². The van der Waals surface area contributed by atoms with Crippen molar-refractivity contribution in [2.24, 2.45) is 0 Å². The fraction of sp³-hybridized carbons (Fsp3) is 0.429. The molecule has 0 saturated carbocycles. The molecule has 0 spiro atoms. The number of piperidine rings is 1. The van der Waals surface area contributed by atoms with Gasteiger partial charge in [0.1, 0.15) is 0 Å². The number of hydrogen-bond acceptors (Lipinski definition) is 3. The number of carbonyl (C=O) groups is 2. The zero-order valence-electron chi connectivity index (χ0n) is 11.7. The summed E-state index contributed by atoms with van der Waals surface area (Å²) >= 11 is 5.97. The minimum atomic E-state index is -0.276. The Morgan fingerprint density at radius 1 is 1.33 bits per heavy atom. The number of hydrogen-bond donors (Lipinski definition) is 3. The molecular weight excluding hydrogens is 313 g/mol. The van der Waals surface area contributed by atoms with E-state index in [1.165, 1.54) is 7.05 Å². The van der Waals surface area contributed by atoms with E-state index in [0.29, 0.717) is 16.3 Å². The van der Waals surface area contributed by atoms with E-state index in [2.05, 4.69) is 16.0 Å². The Hall–Kier alpha value is -1.30. The summed E-state index contributed by atoms with van der Waals surface area (Å²) in [7, 11) is 1.54. The first-order chi connectivity index (χ1) is 9.61. The third kappa shape index (κ3) is 4.59. The van der Waals surface area contributed by atoms with E-state index in [0.717, 1.165) is 25.8 Å². The van der Waals surface area contributed by atoms with Crippen LogP contribution in [-0.4, -0.2) is 31.4 Å². The molecule has 1 aliphatic heterocycles. The number of rotatable bonds is 3. The summed E-state index contributed by atoms with van der Waals surface area (Å²) in [6, 6.07) is 4.72. The van der Waals surface area contributed by atoms with E-state index in [1.807, 2.05) is 0 Å². The van der Waals surface area contributed by atoms with E-state index in [1.54, 1.807) is 18.2 Å². The van der Waals surface area contributed by atoms with Gasteiger partial charge < -0.3 is 16.0 Å². The van der Waals surface area contributed by atoms with Crippen LogP contribution in [0.1, 0.15) is 29.6 Å². The van der Waals surface area contributed by atoms with Crippen LogP contribution in [0.25, 0.3) is 0 Å². The maximum atomic E-state index is 12.1. The second-order valence-electron chi connectivity index (χ2n) is 4.77. The Bertz CT molecular complexity index is 517. The standard InChI is InChI=1S/C14H18ClN3O2.ClH/c1-16-13(19)10-8-9(5-6-11(10)15)18-14(20)12-4-2-3-7-17-12;/h5-6,8,12,17H,2-4,7H2,1H3,(H,16,19)(H,18,20);1H/t12-;/m1./s1. The van der Waals surface area contributed by atoms with Crippen molar-refractivity contribution in [1.29, 1.82) is 0 Å². The van der Waals surface area contributed by atoms with Gasteiger partial charge in [0.15, 0.2) is 0 Å². The molecule has 1 atom stereocenters. The summed E-state index contributed by atoms with van der Waals surface area (Å²) in [6.07, 6.45) is 2.99. The number of anilines is 1. The molecule has 7 heteroatoms. The van der Waals surface area contributed by atoms with Crippen molar-refractivity contribution in [1.82, 2.24) is 10.6 Å². The lowest BCUT2D eigenvalue weighted by Crippen LogP contribution is -2.43. The van der Waals surface area contributed by atoms with Crippen LogP contribution in [-0.2, 0) is 4.79 Å². The Balaban J connectivity index is 0.00000220. The minimum Gasteiger partial charge on any atom is -0.355 e. The fourth-order valence-electron chi connectivity index (χ4n) is 2.22. The highest BCUT2D eigenvalue weighted by molar-refractivity contribution is 6.34. The van der Waals surface area contributed by atoms with E-state index in [9.17, 15) is 9.59 Å². The van der Waals surface area contributed by atoms with Gasteiger partial charge in [-0.2, -0.15) is 0 Å². The fourth-order valence-corrected chi connectivity index (χ4v) is 2.42. The van der Waals surface area contributed by atoms with Crippen molar-refractivity contribution in [3.05, 3.63) is 28.8 Å². The first-order valence-electron chi connectivity index (χ1n) is 6.67. The summed E-state index contributed by atoms with van der Waals surface area (Å²) < 4.78 is 0. The van der Waals surface area contributed by atoms with Crippen LogP contribution >= 0.6 is 24.0 Å². The van der Waals surface area contributed by atoms with E-state index in [4.69, 9.17) is 11.6 Å². The lowest BCUT2D eigenvalue weighted by Gasteiger charge is -2.22. The molecule has 3 N–H and O–H groups in total. The molecule has 2 amide bonds.